The predicted molar refractivity (Wildman–Crippen MR) is 52.4 cm³/mol. The number of carboxylic acid groups (broad SMARTS) is 1. The van der Waals surface area contributed by atoms with Gasteiger partial charge in [-0.3, -0.25) is 0 Å². The summed E-state index contributed by atoms with van der Waals surface area (Å²) in [6.45, 7) is 1.72. The van der Waals surface area contributed by atoms with Crippen LogP contribution in [0.25, 0.3) is 10.9 Å². The minimum Gasteiger partial charge on any atom is -0.543 e. The van der Waals surface area contributed by atoms with Gasteiger partial charge in [-0.2, -0.15) is 0 Å². The number of hydrogen-bond donors (Lipinski definition) is 1. The molecule has 2 aromatic rings. The van der Waals surface area contributed by atoms with Crippen molar-refractivity contribution in [3.8, 4) is 0 Å². The second-order valence-electron chi connectivity index (χ2n) is 3.07. The van der Waals surface area contributed by atoms with E-state index in [0.717, 1.165) is 5.39 Å². The smallest absolute Gasteiger partial charge is 0.0881 e. The number of fused-ring (bicyclic) bond motifs is 1. The van der Waals surface area contributed by atoms with Crippen molar-refractivity contribution in [2.75, 3.05) is 0 Å². The van der Waals surface area contributed by atoms with Crippen LogP contribution in [0.3, 0.4) is 0 Å². The fourth-order valence-corrected chi connectivity index (χ4v) is 1.74. The predicted octanol–water partition coefficient (Wildman–Crippen LogP) is 1.49. The first kappa shape index (κ1) is 9.09. The van der Waals surface area contributed by atoms with Crippen molar-refractivity contribution in [3.63, 3.8) is 0 Å². The highest BCUT2D eigenvalue weighted by Gasteiger charge is 2.09. The number of carboxylic acids is 1. The lowest BCUT2D eigenvalue weighted by molar-refractivity contribution is -0.255. The lowest BCUT2D eigenvalue weighted by Gasteiger charge is -1.98. The monoisotopic (exact) mass is 208 g/mol. The number of rotatable bonds is 1. The molecule has 0 aliphatic heterocycles. The van der Waals surface area contributed by atoms with E-state index in [-0.39, 0.29) is 5.69 Å². The van der Waals surface area contributed by atoms with E-state index in [1.807, 2.05) is 6.07 Å². The largest absolute Gasteiger partial charge is 0.543 e. The molecule has 0 aliphatic carbocycles. The average molecular weight is 209 g/mol. The minimum absolute atomic E-state index is 0.0908. The topological polar surface area (TPSA) is 55.9 Å². The number of benzene rings is 1. The number of para-hydroxylation sites is 1. The second-order valence-corrected chi connectivity index (χ2v) is 3.48. The van der Waals surface area contributed by atoms with Crippen LogP contribution in [0.4, 0.5) is 0 Å². The molecule has 0 atom stereocenters. The van der Waals surface area contributed by atoms with Crippen LogP contribution in [0.2, 0.25) is 5.02 Å². The van der Waals surface area contributed by atoms with Gasteiger partial charge in [-0.05, 0) is 18.6 Å². The van der Waals surface area contributed by atoms with E-state index in [9.17, 15) is 9.90 Å². The summed E-state index contributed by atoms with van der Waals surface area (Å²) < 4.78 is 0. The Morgan fingerprint density at radius 1 is 1.50 bits per heavy atom. The molecule has 1 N–H and O–H groups in total. The van der Waals surface area contributed by atoms with Crippen molar-refractivity contribution in [3.05, 3.63) is 34.5 Å². The van der Waals surface area contributed by atoms with Crippen molar-refractivity contribution in [1.29, 1.82) is 0 Å². The molecular formula is C10H7ClNO2-. The highest BCUT2D eigenvalue weighted by molar-refractivity contribution is 6.35. The number of aryl methyl sites for hydroxylation is 1. The van der Waals surface area contributed by atoms with Crippen LogP contribution in [0.1, 0.15) is 16.1 Å². The number of aromatic amines is 1. The Balaban J connectivity index is 2.86. The van der Waals surface area contributed by atoms with E-state index in [2.05, 4.69) is 4.98 Å². The zero-order chi connectivity index (χ0) is 10.3. The Morgan fingerprint density at radius 3 is 2.79 bits per heavy atom. The maximum absolute atomic E-state index is 10.7. The Bertz CT molecular complexity index is 516. The highest BCUT2D eigenvalue weighted by Crippen LogP contribution is 2.26. The molecule has 1 aromatic carbocycles. The first-order valence-electron chi connectivity index (χ1n) is 4.09. The van der Waals surface area contributed by atoms with Gasteiger partial charge in [0.1, 0.15) is 0 Å². The molecule has 0 aliphatic rings. The molecule has 0 bridgehead atoms. The van der Waals surface area contributed by atoms with Gasteiger partial charge in [0.05, 0.1) is 22.2 Å². The molecule has 0 spiro atoms. The minimum atomic E-state index is -1.21. The fraction of sp³-hybridized carbons (Fsp3) is 0.100. The molecule has 1 aromatic heterocycles. The zero-order valence-corrected chi connectivity index (χ0v) is 8.18. The van der Waals surface area contributed by atoms with Gasteiger partial charge in [0.15, 0.2) is 0 Å². The zero-order valence-electron chi connectivity index (χ0n) is 7.43. The Kier molecular flexibility index (Phi) is 1.97. The third kappa shape index (κ3) is 1.17. The first-order valence-corrected chi connectivity index (χ1v) is 4.47. The van der Waals surface area contributed by atoms with Crippen molar-refractivity contribution >= 4 is 28.5 Å². The molecule has 14 heavy (non-hydrogen) atoms. The summed E-state index contributed by atoms with van der Waals surface area (Å²) >= 11 is 5.90. The van der Waals surface area contributed by atoms with Gasteiger partial charge >= 0.3 is 0 Å². The maximum Gasteiger partial charge on any atom is 0.0881 e. The Labute approximate surface area is 85.3 Å². The number of nitrogens with one attached hydrogen (secondary N) is 1. The number of carbonyl (C=O) groups excluding carboxylic acids is 1. The van der Waals surface area contributed by atoms with Crippen LogP contribution in [0.5, 0.6) is 0 Å². The highest BCUT2D eigenvalue weighted by atomic mass is 35.5. The Morgan fingerprint density at radius 2 is 2.21 bits per heavy atom. The number of aromatic nitrogens is 1. The van der Waals surface area contributed by atoms with Crippen LogP contribution in [0.15, 0.2) is 18.2 Å². The Hall–Kier alpha value is -1.48. The molecule has 1 heterocycles. The molecule has 0 radical (unpaired) electrons. The van der Waals surface area contributed by atoms with E-state index in [4.69, 9.17) is 11.6 Å². The molecule has 0 fully saturated rings. The first-order chi connectivity index (χ1) is 6.61. The van der Waals surface area contributed by atoms with E-state index < -0.39 is 5.97 Å². The van der Waals surface area contributed by atoms with Gasteiger partial charge in [0.2, 0.25) is 0 Å². The number of carbonyl (C=O) groups is 1. The third-order valence-corrected chi connectivity index (χ3v) is 2.56. The second kappa shape index (κ2) is 3.03. The van der Waals surface area contributed by atoms with Gasteiger partial charge in [0.25, 0.3) is 0 Å². The summed E-state index contributed by atoms with van der Waals surface area (Å²) in [4.78, 5) is 13.5. The summed E-state index contributed by atoms with van der Waals surface area (Å²) in [6.07, 6.45) is 0. The summed E-state index contributed by atoms with van der Waals surface area (Å²) in [5.41, 5.74) is 1.39. The van der Waals surface area contributed by atoms with Gasteiger partial charge < -0.3 is 14.9 Å². The molecular weight excluding hydrogens is 202 g/mol. The maximum atomic E-state index is 10.7. The van der Waals surface area contributed by atoms with Crippen molar-refractivity contribution < 1.29 is 9.90 Å². The fourth-order valence-electron chi connectivity index (χ4n) is 1.52. The molecule has 3 nitrogen and oxygen atoms in total. The number of hydrogen-bond acceptors (Lipinski definition) is 2. The average Bonchev–Trinajstić information content (AvgIpc) is 2.46. The van der Waals surface area contributed by atoms with Gasteiger partial charge in [-0.1, -0.05) is 23.7 Å². The quantitative estimate of drug-likeness (QED) is 0.772. The van der Waals surface area contributed by atoms with Gasteiger partial charge in [-0.15, -0.1) is 0 Å². The van der Waals surface area contributed by atoms with Crippen molar-refractivity contribution in [2.45, 2.75) is 6.92 Å². The third-order valence-electron chi connectivity index (χ3n) is 2.25. The van der Waals surface area contributed by atoms with Crippen LogP contribution < -0.4 is 5.11 Å². The summed E-state index contributed by atoms with van der Waals surface area (Å²) in [5.74, 6) is -1.21. The molecule has 0 saturated heterocycles. The van der Waals surface area contributed by atoms with Crippen molar-refractivity contribution in [2.24, 2.45) is 0 Å². The van der Waals surface area contributed by atoms with E-state index in [1.54, 1.807) is 19.1 Å². The number of H-pyrrole nitrogens is 1. The van der Waals surface area contributed by atoms with Crippen LogP contribution >= 0.6 is 11.6 Å². The van der Waals surface area contributed by atoms with Crippen LogP contribution in [-0.4, -0.2) is 11.0 Å². The standard InChI is InChI=1S/C10H8ClNO2/c1-5-6-3-2-4-7(11)9(6)12-8(5)10(13)14/h2-4,12H,1H3,(H,13,14)/p-1. The molecule has 72 valence electrons. The molecule has 0 unspecified atom stereocenters. The SMILES string of the molecule is Cc1c(C(=O)[O-])[nH]c2c(Cl)cccc12. The summed E-state index contributed by atoms with van der Waals surface area (Å²) in [6, 6.07) is 5.31. The van der Waals surface area contributed by atoms with Crippen LogP contribution in [0, 0.1) is 6.92 Å². The van der Waals surface area contributed by atoms with Crippen LogP contribution in [-0.2, 0) is 0 Å². The summed E-state index contributed by atoms with van der Waals surface area (Å²) in [7, 11) is 0. The molecule has 0 amide bonds. The number of halogens is 1. The normalized spacial score (nSPS) is 10.7. The summed E-state index contributed by atoms with van der Waals surface area (Å²) in [5, 5.41) is 12.0. The van der Waals surface area contributed by atoms with E-state index in [0.29, 0.717) is 16.1 Å². The molecule has 0 saturated carbocycles. The molecule has 2 rings (SSSR count). The number of aromatic carboxylic acids is 1. The lowest BCUT2D eigenvalue weighted by atomic mass is 10.1. The molecule has 4 heteroatoms. The van der Waals surface area contributed by atoms with Gasteiger partial charge in [-0.25, -0.2) is 0 Å². The van der Waals surface area contributed by atoms with Crippen molar-refractivity contribution in [1.82, 2.24) is 4.98 Å². The lowest BCUT2D eigenvalue weighted by Crippen LogP contribution is -2.23. The van der Waals surface area contributed by atoms with E-state index in [1.165, 1.54) is 0 Å². The van der Waals surface area contributed by atoms with E-state index >= 15 is 0 Å². The van der Waals surface area contributed by atoms with Gasteiger partial charge in [0, 0.05) is 5.39 Å².